The molecule has 2 aromatic carbocycles. The molecule has 172 valence electrons. The summed E-state index contributed by atoms with van der Waals surface area (Å²) in [6, 6.07) is 7.15. The molecular formula is C24H22F4N4O. The zero-order valence-electron chi connectivity index (χ0n) is 18.3. The van der Waals surface area contributed by atoms with Gasteiger partial charge in [0.1, 0.15) is 23.8 Å². The van der Waals surface area contributed by atoms with Gasteiger partial charge in [-0.15, -0.1) is 5.10 Å². The van der Waals surface area contributed by atoms with Crippen molar-refractivity contribution in [2.75, 3.05) is 0 Å². The lowest BCUT2D eigenvalue weighted by molar-refractivity contribution is -0.0966. The molecule has 4 rings (SSSR count). The number of aromatic nitrogens is 3. The molecule has 0 saturated heterocycles. The van der Waals surface area contributed by atoms with E-state index in [1.165, 1.54) is 4.68 Å². The van der Waals surface area contributed by atoms with Crippen molar-refractivity contribution in [1.29, 1.82) is 5.26 Å². The molecule has 0 bridgehead atoms. The van der Waals surface area contributed by atoms with E-state index in [0.717, 1.165) is 12.1 Å². The molecule has 2 atom stereocenters. The Hall–Kier alpha value is -3.25. The highest BCUT2D eigenvalue weighted by atomic mass is 19.3. The quantitative estimate of drug-likeness (QED) is 0.544. The molecule has 5 nitrogen and oxygen atoms in total. The summed E-state index contributed by atoms with van der Waals surface area (Å²) in [5.74, 6) is -4.14. The maximum absolute atomic E-state index is 14.7. The number of alkyl halides is 3. The van der Waals surface area contributed by atoms with E-state index in [9.17, 15) is 27.9 Å². The number of aryl methyl sites for hydroxylation is 1. The predicted octanol–water partition coefficient (Wildman–Crippen LogP) is 5.04. The standard InChI is InChI=1S/C24H22F4N4O/c1-4-20(26)18-9-15(25)7-14(11-29)17(18)8-13-5-6-16(22-12(2)32(3)31-30-22)21-19(13)10-24(27,28)23(21)33/h5-7,9,20,23,33H,4,8,10H2,1-3H3. The zero-order valence-corrected chi connectivity index (χ0v) is 18.3. The summed E-state index contributed by atoms with van der Waals surface area (Å²) >= 11 is 0. The topological polar surface area (TPSA) is 74.7 Å². The van der Waals surface area contributed by atoms with E-state index in [1.807, 2.05) is 6.07 Å². The third-order valence-corrected chi connectivity index (χ3v) is 6.33. The normalized spacial score (nSPS) is 17.6. The van der Waals surface area contributed by atoms with E-state index >= 15 is 0 Å². The molecule has 2 unspecified atom stereocenters. The van der Waals surface area contributed by atoms with E-state index < -0.39 is 30.4 Å². The van der Waals surface area contributed by atoms with Crippen LogP contribution in [0.25, 0.3) is 11.3 Å². The fraction of sp³-hybridized carbons (Fsp3) is 0.375. The third-order valence-electron chi connectivity index (χ3n) is 6.33. The first-order valence-electron chi connectivity index (χ1n) is 10.5. The highest BCUT2D eigenvalue weighted by Crippen LogP contribution is 2.49. The molecule has 1 aliphatic carbocycles. The Morgan fingerprint density at radius 3 is 2.67 bits per heavy atom. The van der Waals surface area contributed by atoms with Crippen molar-refractivity contribution in [3.8, 4) is 17.3 Å². The predicted molar refractivity (Wildman–Crippen MR) is 113 cm³/mol. The van der Waals surface area contributed by atoms with Gasteiger partial charge in [-0.25, -0.2) is 17.6 Å². The first-order valence-corrected chi connectivity index (χ1v) is 10.5. The van der Waals surface area contributed by atoms with Gasteiger partial charge in [-0.1, -0.05) is 24.3 Å². The van der Waals surface area contributed by atoms with Gasteiger partial charge in [-0.2, -0.15) is 5.26 Å². The molecule has 1 aromatic heterocycles. The monoisotopic (exact) mass is 458 g/mol. The van der Waals surface area contributed by atoms with Crippen LogP contribution in [-0.2, 0) is 19.9 Å². The number of nitriles is 1. The molecule has 0 radical (unpaired) electrons. The molecule has 0 fully saturated rings. The second kappa shape index (κ2) is 8.27. The van der Waals surface area contributed by atoms with Crippen LogP contribution in [0.3, 0.4) is 0 Å². The van der Waals surface area contributed by atoms with Crippen LogP contribution in [0, 0.1) is 24.1 Å². The molecule has 9 heteroatoms. The molecule has 1 heterocycles. The second-order valence-corrected chi connectivity index (χ2v) is 8.34. The lowest BCUT2D eigenvalue weighted by Crippen LogP contribution is -2.21. The van der Waals surface area contributed by atoms with Gasteiger partial charge in [0.05, 0.1) is 17.3 Å². The van der Waals surface area contributed by atoms with Crippen molar-refractivity contribution in [3.05, 3.63) is 69.2 Å². The lowest BCUT2D eigenvalue weighted by Gasteiger charge is -2.18. The van der Waals surface area contributed by atoms with Crippen LogP contribution in [0.5, 0.6) is 0 Å². The summed E-state index contributed by atoms with van der Waals surface area (Å²) in [5, 5.41) is 28.0. The number of hydrogen-bond acceptors (Lipinski definition) is 4. The van der Waals surface area contributed by atoms with E-state index in [2.05, 4.69) is 10.3 Å². The first-order chi connectivity index (χ1) is 15.6. The fourth-order valence-electron chi connectivity index (χ4n) is 4.44. The van der Waals surface area contributed by atoms with Crippen LogP contribution >= 0.6 is 0 Å². The molecule has 0 amide bonds. The van der Waals surface area contributed by atoms with Gasteiger partial charge in [0.15, 0.2) is 0 Å². The Morgan fingerprint density at radius 2 is 2.06 bits per heavy atom. The molecular weight excluding hydrogens is 436 g/mol. The van der Waals surface area contributed by atoms with Crippen molar-refractivity contribution in [3.63, 3.8) is 0 Å². The number of rotatable bonds is 5. The minimum atomic E-state index is -3.40. The number of fused-ring (bicyclic) bond motifs is 1. The van der Waals surface area contributed by atoms with Crippen LogP contribution in [0.4, 0.5) is 17.6 Å². The maximum Gasteiger partial charge on any atom is 0.281 e. The van der Waals surface area contributed by atoms with Gasteiger partial charge in [-0.05, 0) is 59.7 Å². The number of hydrogen-bond donors (Lipinski definition) is 1. The second-order valence-electron chi connectivity index (χ2n) is 8.34. The molecule has 33 heavy (non-hydrogen) atoms. The van der Waals surface area contributed by atoms with Gasteiger partial charge < -0.3 is 5.11 Å². The highest BCUT2D eigenvalue weighted by Gasteiger charge is 2.49. The van der Waals surface area contributed by atoms with Gasteiger partial charge in [0.2, 0.25) is 0 Å². The molecule has 1 aliphatic rings. The van der Waals surface area contributed by atoms with Gasteiger partial charge in [0, 0.05) is 19.0 Å². The van der Waals surface area contributed by atoms with E-state index in [-0.39, 0.29) is 40.7 Å². The summed E-state index contributed by atoms with van der Waals surface area (Å²) in [6.07, 6.45) is -4.25. The Bertz CT molecular complexity index is 1280. The number of aliphatic hydroxyl groups is 1. The van der Waals surface area contributed by atoms with Crippen molar-refractivity contribution >= 4 is 0 Å². The summed E-state index contributed by atoms with van der Waals surface area (Å²) < 4.78 is 59.5. The SMILES string of the molecule is CCC(F)c1cc(F)cc(C#N)c1Cc1ccc(-c2nnn(C)c2C)c2c1CC(F)(F)C2O. The van der Waals surface area contributed by atoms with Crippen LogP contribution in [-0.4, -0.2) is 26.0 Å². The zero-order chi connectivity index (χ0) is 24.1. The van der Waals surface area contributed by atoms with Crippen molar-refractivity contribution in [2.45, 2.75) is 51.3 Å². The number of aliphatic hydroxyl groups excluding tert-OH is 1. The van der Waals surface area contributed by atoms with Crippen molar-refractivity contribution in [1.82, 2.24) is 15.0 Å². The fourth-order valence-corrected chi connectivity index (χ4v) is 4.44. The minimum absolute atomic E-state index is 0.0296. The summed E-state index contributed by atoms with van der Waals surface area (Å²) in [6.45, 7) is 3.34. The largest absolute Gasteiger partial charge is 0.382 e. The van der Waals surface area contributed by atoms with Crippen LogP contribution < -0.4 is 0 Å². The van der Waals surface area contributed by atoms with Gasteiger partial charge >= 0.3 is 0 Å². The van der Waals surface area contributed by atoms with Crippen molar-refractivity contribution in [2.24, 2.45) is 7.05 Å². The average Bonchev–Trinajstić information content (AvgIpc) is 3.24. The maximum atomic E-state index is 14.7. The Balaban J connectivity index is 1.91. The van der Waals surface area contributed by atoms with Crippen LogP contribution in [0.15, 0.2) is 24.3 Å². The van der Waals surface area contributed by atoms with Gasteiger partial charge in [0.25, 0.3) is 5.92 Å². The Morgan fingerprint density at radius 1 is 1.33 bits per heavy atom. The Labute approximate surface area is 188 Å². The summed E-state index contributed by atoms with van der Waals surface area (Å²) in [4.78, 5) is 0. The van der Waals surface area contributed by atoms with E-state index in [0.29, 0.717) is 22.5 Å². The molecule has 0 spiro atoms. The van der Waals surface area contributed by atoms with Crippen LogP contribution in [0.2, 0.25) is 0 Å². The summed E-state index contributed by atoms with van der Waals surface area (Å²) in [5.41, 5.74) is 2.30. The lowest BCUT2D eigenvalue weighted by atomic mass is 9.87. The van der Waals surface area contributed by atoms with Crippen molar-refractivity contribution < 1.29 is 22.7 Å². The molecule has 3 aromatic rings. The number of halogens is 4. The average molecular weight is 458 g/mol. The number of benzene rings is 2. The van der Waals surface area contributed by atoms with E-state index in [1.54, 1.807) is 33.0 Å². The molecule has 0 aliphatic heterocycles. The first kappa shape index (κ1) is 22.9. The minimum Gasteiger partial charge on any atom is -0.382 e. The van der Waals surface area contributed by atoms with E-state index in [4.69, 9.17) is 0 Å². The number of nitrogens with zero attached hydrogens (tertiary/aromatic N) is 4. The summed E-state index contributed by atoms with van der Waals surface area (Å²) in [7, 11) is 1.67. The van der Waals surface area contributed by atoms with Gasteiger partial charge in [-0.3, -0.25) is 4.68 Å². The smallest absolute Gasteiger partial charge is 0.281 e. The van der Waals surface area contributed by atoms with Crippen LogP contribution in [0.1, 0.15) is 64.7 Å². The molecule has 0 saturated carbocycles. The highest BCUT2D eigenvalue weighted by molar-refractivity contribution is 5.71. The third kappa shape index (κ3) is 3.78. The molecule has 1 N–H and O–H groups in total. The Kier molecular flexibility index (Phi) is 5.74.